The number of nitrogens with one attached hydrogen (secondary N) is 1. The molecule has 7 atom stereocenters. The second-order valence-corrected chi connectivity index (χ2v) is 12.4. The number of nitrogens with zero attached hydrogens (tertiary/aromatic N) is 1. The molecule has 0 bridgehead atoms. The van der Waals surface area contributed by atoms with Gasteiger partial charge in [0.25, 0.3) is 0 Å². The number of aliphatic hydroxyl groups excluding tert-OH is 2. The summed E-state index contributed by atoms with van der Waals surface area (Å²) in [6.45, 7) is 3.68. The Labute approximate surface area is 286 Å². The third-order valence-electron chi connectivity index (χ3n) is 8.06. The van der Waals surface area contributed by atoms with Crippen molar-refractivity contribution in [1.29, 1.82) is 0 Å². The van der Waals surface area contributed by atoms with Crippen molar-refractivity contribution >= 4 is 11.8 Å². The molecule has 2 saturated heterocycles. The van der Waals surface area contributed by atoms with E-state index in [0.29, 0.717) is 0 Å². The first kappa shape index (κ1) is 39.0. The number of fused-ring (bicyclic) bond motifs is 1. The third kappa shape index (κ3) is 8.75. The SMILES string of the molecule is CC1(C)SC2C(NC([O-])C(C3CCCCC3)C(O)OC3CCCCC3)C(O)N2C1C([O-])[O-].[Na+].[Na+].[Na+].[OH-]. The van der Waals surface area contributed by atoms with Crippen LogP contribution in [0.4, 0.5) is 0 Å². The van der Waals surface area contributed by atoms with E-state index in [4.69, 9.17) is 4.74 Å². The van der Waals surface area contributed by atoms with Crippen molar-refractivity contribution in [2.45, 2.75) is 131 Å². The zero-order chi connectivity index (χ0) is 23.0. The van der Waals surface area contributed by atoms with Gasteiger partial charge in [-0.05, 0) is 51.5 Å². The average Bonchev–Trinajstić information content (AvgIpc) is 3.01. The van der Waals surface area contributed by atoms with Crippen molar-refractivity contribution in [2.75, 3.05) is 0 Å². The monoisotopic (exact) mass is 557 g/mol. The van der Waals surface area contributed by atoms with Crippen molar-refractivity contribution in [2.24, 2.45) is 11.8 Å². The molecule has 4 aliphatic rings. The van der Waals surface area contributed by atoms with E-state index in [9.17, 15) is 25.5 Å². The Balaban J connectivity index is 0.00000306. The first-order valence-electron chi connectivity index (χ1n) is 12.4. The van der Waals surface area contributed by atoms with Gasteiger partial charge in [0.2, 0.25) is 0 Å². The molecule has 13 heteroatoms. The van der Waals surface area contributed by atoms with Crippen molar-refractivity contribution < 1.29 is 124 Å². The van der Waals surface area contributed by atoms with Gasteiger partial charge in [-0.1, -0.05) is 44.8 Å². The van der Waals surface area contributed by atoms with Crippen molar-refractivity contribution in [3.05, 3.63) is 0 Å². The third-order valence-corrected chi connectivity index (χ3v) is 9.68. The predicted molar refractivity (Wildman–Crippen MR) is 118 cm³/mol. The number of thioether (sulfide) groups is 1. The second kappa shape index (κ2) is 17.2. The normalized spacial score (nSPS) is 33.0. The molecular formula is C23H40N2Na3O7S-. The van der Waals surface area contributed by atoms with Gasteiger partial charge < -0.3 is 41.1 Å². The second-order valence-electron chi connectivity index (χ2n) is 10.7. The van der Waals surface area contributed by atoms with Gasteiger partial charge in [0, 0.05) is 10.7 Å². The maximum absolute atomic E-state index is 13.5. The summed E-state index contributed by atoms with van der Waals surface area (Å²) < 4.78 is 5.41. The van der Waals surface area contributed by atoms with Crippen LogP contribution in [0.15, 0.2) is 0 Å². The van der Waals surface area contributed by atoms with E-state index < -0.39 is 47.8 Å². The van der Waals surface area contributed by atoms with Crippen LogP contribution < -0.4 is 109 Å². The van der Waals surface area contributed by atoms with Gasteiger partial charge in [0.1, 0.15) is 6.23 Å². The Kier molecular flexibility index (Phi) is 18.6. The van der Waals surface area contributed by atoms with Crippen molar-refractivity contribution in [3.8, 4) is 0 Å². The minimum atomic E-state index is -2.07. The maximum atomic E-state index is 13.5. The summed E-state index contributed by atoms with van der Waals surface area (Å²) in [5, 5.41) is 61.5. The Bertz CT molecular complexity index is 631. The van der Waals surface area contributed by atoms with E-state index in [0.717, 1.165) is 57.8 Å². The van der Waals surface area contributed by atoms with Crippen molar-refractivity contribution in [3.63, 3.8) is 0 Å². The number of hydrogen-bond donors (Lipinski definition) is 3. The zero-order valence-electron chi connectivity index (χ0n) is 22.7. The van der Waals surface area contributed by atoms with E-state index in [1.165, 1.54) is 18.2 Å². The van der Waals surface area contributed by atoms with Gasteiger partial charge in [-0.15, -0.1) is 11.8 Å². The maximum Gasteiger partial charge on any atom is 1.00 e. The van der Waals surface area contributed by atoms with Crippen LogP contribution >= 0.6 is 11.8 Å². The fourth-order valence-corrected chi connectivity index (χ4v) is 8.08. The van der Waals surface area contributed by atoms with E-state index in [2.05, 4.69) is 5.32 Å². The Morgan fingerprint density at radius 2 is 1.47 bits per heavy atom. The molecule has 2 aliphatic carbocycles. The average molecular weight is 558 g/mol. The molecule has 2 saturated carbocycles. The van der Waals surface area contributed by atoms with Gasteiger partial charge in [-0.25, -0.2) is 6.29 Å². The van der Waals surface area contributed by atoms with Crippen LogP contribution in [-0.4, -0.2) is 73.9 Å². The van der Waals surface area contributed by atoms with Crippen LogP contribution in [0.25, 0.3) is 0 Å². The van der Waals surface area contributed by atoms with E-state index in [1.807, 2.05) is 13.8 Å². The topological polar surface area (TPSA) is 164 Å². The molecular weight excluding hydrogens is 517 g/mol. The van der Waals surface area contributed by atoms with Crippen LogP contribution in [0.2, 0.25) is 0 Å². The zero-order valence-corrected chi connectivity index (χ0v) is 29.5. The minimum Gasteiger partial charge on any atom is -0.870 e. The molecule has 7 unspecified atom stereocenters. The molecule has 36 heavy (non-hydrogen) atoms. The molecule has 9 nitrogen and oxygen atoms in total. The van der Waals surface area contributed by atoms with Gasteiger partial charge >= 0.3 is 88.7 Å². The number of hydrogen-bond acceptors (Lipinski definition) is 10. The first-order valence-corrected chi connectivity index (χ1v) is 13.3. The molecule has 2 heterocycles. The molecule has 194 valence electrons. The Hall–Kier alpha value is 2.99. The Morgan fingerprint density at radius 3 is 2.00 bits per heavy atom. The summed E-state index contributed by atoms with van der Waals surface area (Å²) in [4.78, 5) is 1.56. The molecule has 0 aromatic rings. The molecule has 0 amide bonds. The summed E-state index contributed by atoms with van der Waals surface area (Å²) in [6.07, 6.45) is 4.71. The van der Waals surface area contributed by atoms with Crippen molar-refractivity contribution in [1.82, 2.24) is 10.2 Å². The quantitative estimate of drug-likeness (QED) is 0.193. The Morgan fingerprint density at radius 1 is 0.944 bits per heavy atom. The smallest absolute Gasteiger partial charge is 0.870 e. The molecule has 4 N–H and O–H groups in total. The van der Waals surface area contributed by atoms with Gasteiger partial charge in [-0.2, -0.15) is 0 Å². The molecule has 0 radical (unpaired) electrons. The van der Waals surface area contributed by atoms with E-state index in [-0.39, 0.29) is 112 Å². The van der Waals surface area contributed by atoms with Gasteiger partial charge in [0.05, 0.1) is 17.5 Å². The first-order chi connectivity index (χ1) is 15.2. The standard InChI is InChI=1S/C23H39N2O6S.3Na.H2O/c1-23(2)17(21(28)29)25-19(27)16(20(25)32-23)24-18(26)15(13-9-5-3-6-10-13)22(30)31-14-11-7-4-8-12-14;;;;/h13-22,24,27,30H,3-12H2,1-2H3;;;;1H2/q-3;3*+1;/p-1. The van der Waals surface area contributed by atoms with Crippen LogP contribution in [0, 0.1) is 11.8 Å². The number of ether oxygens (including phenoxy) is 1. The van der Waals surface area contributed by atoms with Crippen LogP contribution in [0.1, 0.15) is 78.1 Å². The van der Waals surface area contributed by atoms with Crippen LogP contribution in [0.3, 0.4) is 0 Å². The largest absolute Gasteiger partial charge is 1.00 e. The van der Waals surface area contributed by atoms with Gasteiger partial charge in [0.15, 0.2) is 6.29 Å². The molecule has 4 fully saturated rings. The van der Waals surface area contributed by atoms with E-state index in [1.54, 1.807) is 4.90 Å². The summed E-state index contributed by atoms with van der Waals surface area (Å²) in [7, 11) is 0. The summed E-state index contributed by atoms with van der Waals surface area (Å²) in [6, 6.07) is -1.37. The molecule has 2 aliphatic heterocycles. The molecule has 0 aromatic carbocycles. The van der Waals surface area contributed by atoms with E-state index >= 15 is 0 Å². The molecule has 0 aromatic heterocycles. The molecule has 4 rings (SSSR count). The molecule has 0 spiro atoms. The van der Waals surface area contributed by atoms with Crippen LogP contribution in [0.5, 0.6) is 0 Å². The minimum absolute atomic E-state index is 0. The summed E-state index contributed by atoms with van der Waals surface area (Å²) >= 11 is 1.46. The number of rotatable bonds is 8. The van der Waals surface area contributed by atoms with Gasteiger partial charge in [-0.3, -0.25) is 4.90 Å². The number of aliphatic hydroxyl groups is 2. The summed E-state index contributed by atoms with van der Waals surface area (Å²) in [5.74, 6) is -0.515. The summed E-state index contributed by atoms with van der Waals surface area (Å²) in [5.41, 5.74) is 0. The predicted octanol–water partition coefficient (Wildman–Crippen LogP) is -9.77. The van der Waals surface area contributed by atoms with Crippen LogP contribution in [-0.2, 0) is 4.74 Å². The fourth-order valence-electron chi connectivity index (χ4n) is 6.34. The fraction of sp³-hybridized carbons (Fsp3) is 1.00.